The van der Waals surface area contributed by atoms with Gasteiger partial charge in [-0.05, 0) is 58.3 Å². The number of hydrogen-bond acceptors (Lipinski definition) is 2. The number of halogens is 1. The maximum atomic E-state index is 8.19. The summed E-state index contributed by atoms with van der Waals surface area (Å²) in [7, 11) is 0. The van der Waals surface area contributed by atoms with Crippen molar-refractivity contribution in [1.82, 2.24) is 0 Å². The molecule has 0 bridgehead atoms. The van der Waals surface area contributed by atoms with Crippen LogP contribution in [-0.2, 0) is 6.54 Å². The predicted octanol–water partition coefficient (Wildman–Crippen LogP) is 3.70. The second-order valence-corrected chi connectivity index (χ2v) is 4.33. The summed E-state index contributed by atoms with van der Waals surface area (Å²) < 4.78 is 1.11. The lowest BCUT2D eigenvalue weighted by atomic mass is 10.1. The van der Waals surface area contributed by atoms with Gasteiger partial charge in [0.25, 0.3) is 0 Å². The standard InChI is InChI=1S/C8H8IN3S/c1-5-6(4-11-12-10)2-7(9)3-8(5)13/h2-3,13H,4H2,1H3. The molecule has 5 heteroatoms. The molecule has 0 spiro atoms. The van der Waals surface area contributed by atoms with Crippen molar-refractivity contribution in [2.45, 2.75) is 18.4 Å². The Balaban J connectivity index is 3.12. The maximum Gasteiger partial charge on any atom is 0.0514 e. The smallest absolute Gasteiger partial charge is 0.0514 e. The van der Waals surface area contributed by atoms with Crippen LogP contribution in [0, 0.1) is 10.5 Å². The lowest BCUT2D eigenvalue weighted by Gasteiger charge is -2.06. The minimum atomic E-state index is 0.396. The van der Waals surface area contributed by atoms with Crippen molar-refractivity contribution < 1.29 is 0 Å². The molecule has 0 aromatic heterocycles. The molecule has 0 amide bonds. The average molecular weight is 305 g/mol. The second kappa shape index (κ2) is 4.74. The van der Waals surface area contributed by atoms with Crippen LogP contribution >= 0.6 is 35.2 Å². The van der Waals surface area contributed by atoms with Gasteiger partial charge < -0.3 is 0 Å². The summed E-state index contributed by atoms with van der Waals surface area (Å²) >= 11 is 6.54. The predicted molar refractivity (Wildman–Crippen MR) is 64.0 cm³/mol. The van der Waals surface area contributed by atoms with E-state index in [1.807, 2.05) is 19.1 Å². The fourth-order valence-corrected chi connectivity index (χ4v) is 2.21. The Morgan fingerprint density at radius 3 is 2.92 bits per heavy atom. The molecule has 0 aliphatic carbocycles. The largest absolute Gasteiger partial charge is 0.143 e. The van der Waals surface area contributed by atoms with Crippen LogP contribution in [0.1, 0.15) is 11.1 Å². The van der Waals surface area contributed by atoms with Gasteiger partial charge in [-0.25, -0.2) is 0 Å². The molecule has 0 saturated carbocycles. The highest BCUT2D eigenvalue weighted by molar-refractivity contribution is 14.1. The van der Waals surface area contributed by atoms with E-state index in [1.54, 1.807) is 0 Å². The molecule has 13 heavy (non-hydrogen) atoms. The van der Waals surface area contributed by atoms with Crippen LogP contribution in [-0.4, -0.2) is 0 Å². The van der Waals surface area contributed by atoms with E-state index < -0.39 is 0 Å². The highest BCUT2D eigenvalue weighted by Crippen LogP contribution is 2.21. The molecule has 1 aromatic carbocycles. The molecule has 0 radical (unpaired) electrons. The van der Waals surface area contributed by atoms with Crippen LogP contribution in [0.3, 0.4) is 0 Å². The first-order valence-electron chi connectivity index (χ1n) is 3.64. The lowest BCUT2D eigenvalue weighted by molar-refractivity contribution is 1.01. The molecular formula is C8H8IN3S. The molecular weight excluding hydrogens is 297 g/mol. The van der Waals surface area contributed by atoms with Crippen LogP contribution in [0.15, 0.2) is 22.1 Å². The van der Waals surface area contributed by atoms with E-state index in [-0.39, 0.29) is 0 Å². The van der Waals surface area contributed by atoms with Crippen molar-refractivity contribution in [2.24, 2.45) is 5.11 Å². The Morgan fingerprint density at radius 2 is 2.31 bits per heavy atom. The summed E-state index contributed by atoms with van der Waals surface area (Å²) in [4.78, 5) is 3.67. The van der Waals surface area contributed by atoms with Crippen LogP contribution in [0.5, 0.6) is 0 Å². The first-order valence-corrected chi connectivity index (χ1v) is 5.16. The van der Waals surface area contributed by atoms with Gasteiger partial charge in [0.1, 0.15) is 0 Å². The minimum Gasteiger partial charge on any atom is -0.143 e. The van der Waals surface area contributed by atoms with E-state index in [2.05, 4.69) is 45.2 Å². The van der Waals surface area contributed by atoms with Gasteiger partial charge in [0.05, 0.1) is 6.54 Å². The zero-order chi connectivity index (χ0) is 9.84. The summed E-state index contributed by atoms with van der Waals surface area (Å²) in [5, 5.41) is 3.53. The molecule has 1 aromatic rings. The number of rotatable bonds is 2. The molecule has 0 N–H and O–H groups in total. The van der Waals surface area contributed by atoms with Crippen LogP contribution < -0.4 is 0 Å². The van der Waals surface area contributed by atoms with E-state index in [9.17, 15) is 0 Å². The normalized spacial score (nSPS) is 9.46. The second-order valence-electron chi connectivity index (χ2n) is 2.60. The van der Waals surface area contributed by atoms with E-state index in [0.29, 0.717) is 6.54 Å². The first kappa shape index (κ1) is 10.7. The molecule has 0 aliphatic rings. The average Bonchev–Trinajstić information content (AvgIpc) is 2.09. The van der Waals surface area contributed by atoms with Gasteiger partial charge in [-0.1, -0.05) is 5.11 Å². The molecule has 0 heterocycles. The number of hydrogen-bond donors (Lipinski definition) is 1. The molecule has 3 nitrogen and oxygen atoms in total. The molecule has 68 valence electrons. The van der Waals surface area contributed by atoms with Gasteiger partial charge >= 0.3 is 0 Å². The SMILES string of the molecule is Cc1c(S)cc(I)cc1CN=[N+]=[N-]. The zero-order valence-corrected chi connectivity index (χ0v) is 10.1. The van der Waals surface area contributed by atoms with Crippen molar-refractivity contribution in [3.63, 3.8) is 0 Å². The number of azide groups is 1. The first-order chi connectivity index (χ1) is 6.15. The van der Waals surface area contributed by atoms with Crippen molar-refractivity contribution >= 4 is 35.2 Å². The third-order valence-electron chi connectivity index (χ3n) is 1.76. The van der Waals surface area contributed by atoms with Gasteiger partial charge in [-0.15, -0.1) is 12.6 Å². The molecule has 0 saturated heterocycles. The summed E-state index contributed by atoms with van der Waals surface area (Å²) in [6, 6.07) is 3.99. The maximum absolute atomic E-state index is 8.19. The van der Waals surface area contributed by atoms with Crippen LogP contribution in [0.2, 0.25) is 0 Å². The number of nitrogens with zero attached hydrogens (tertiary/aromatic N) is 3. The topological polar surface area (TPSA) is 48.8 Å². The molecule has 0 unspecified atom stereocenters. The van der Waals surface area contributed by atoms with Crippen LogP contribution in [0.25, 0.3) is 10.4 Å². The van der Waals surface area contributed by atoms with Gasteiger partial charge in [0.15, 0.2) is 0 Å². The Morgan fingerprint density at radius 1 is 1.62 bits per heavy atom. The summed E-state index contributed by atoms with van der Waals surface area (Å²) in [5.74, 6) is 0. The summed E-state index contributed by atoms with van der Waals surface area (Å²) in [5.41, 5.74) is 10.3. The molecule has 0 aliphatic heterocycles. The quantitative estimate of drug-likeness (QED) is 0.285. The number of benzene rings is 1. The molecule has 0 fully saturated rings. The third-order valence-corrected chi connectivity index (χ3v) is 2.84. The van der Waals surface area contributed by atoms with Crippen molar-refractivity contribution in [2.75, 3.05) is 0 Å². The Kier molecular flexibility index (Phi) is 3.90. The van der Waals surface area contributed by atoms with Gasteiger partial charge in [-0.2, -0.15) is 0 Å². The van der Waals surface area contributed by atoms with Crippen molar-refractivity contribution in [1.29, 1.82) is 0 Å². The Labute approximate surface area is 95.7 Å². The van der Waals surface area contributed by atoms with Gasteiger partial charge in [0.2, 0.25) is 0 Å². The van der Waals surface area contributed by atoms with Crippen LogP contribution in [0.4, 0.5) is 0 Å². The number of thiol groups is 1. The highest BCUT2D eigenvalue weighted by atomic mass is 127. The van der Waals surface area contributed by atoms with E-state index in [4.69, 9.17) is 5.53 Å². The van der Waals surface area contributed by atoms with Crippen molar-refractivity contribution in [3.8, 4) is 0 Å². The van der Waals surface area contributed by atoms with E-state index >= 15 is 0 Å². The van der Waals surface area contributed by atoms with E-state index in [1.165, 1.54) is 0 Å². The van der Waals surface area contributed by atoms with E-state index in [0.717, 1.165) is 19.6 Å². The third kappa shape index (κ3) is 2.79. The monoisotopic (exact) mass is 305 g/mol. The summed E-state index contributed by atoms with van der Waals surface area (Å²) in [6.45, 7) is 2.37. The zero-order valence-electron chi connectivity index (χ0n) is 7.03. The Hall–Kier alpha value is -0.390. The molecule has 0 atom stereocenters. The fraction of sp³-hybridized carbons (Fsp3) is 0.250. The lowest BCUT2D eigenvalue weighted by Crippen LogP contribution is -1.89. The van der Waals surface area contributed by atoms with Crippen molar-refractivity contribution in [3.05, 3.63) is 37.3 Å². The van der Waals surface area contributed by atoms with Gasteiger partial charge in [-0.3, -0.25) is 0 Å². The molecule has 1 rings (SSSR count). The minimum absolute atomic E-state index is 0.396. The summed E-state index contributed by atoms with van der Waals surface area (Å²) in [6.07, 6.45) is 0. The Bertz CT molecular complexity index is 372. The van der Waals surface area contributed by atoms with Gasteiger partial charge in [0, 0.05) is 13.4 Å². The highest BCUT2D eigenvalue weighted by Gasteiger charge is 2.02. The fourth-order valence-electron chi connectivity index (χ4n) is 0.992.